The van der Waals surface area contributed by atoms with Crippen molar-refractivity contribution in [3.63, 3.8) is 0 Å². The predicted octanol–water partition coefficient (Wildman–Crippen LogP) is 4.37. The van der Waals surface area contributed by atoms with Gasteiger partial charge in [-0.25, -0.2) is 0 Å². The molecule has 0 spiro atoms. The minimum Gasteiger partial charge on any atom is -0.378 e. The molecule has 1 heteroatoms. The van der Waals surface area contributed by atoms with Crippen LogP contribution in [0.15, 0.2) is 73.3 Å². The van der Waals surface area contributed by atoms with E-state index in [0.29, 0.717) is 0 Å². The molecule has 0 aromatic heterocycles. The average Bonchev–Trinajstić information content (AvgIpc) is 2.46. The summed E-state index contributed by atoms with van der Waals surface area (Å²) in [5.74, 6) is 0. The van der Waals surface area contributed by atoms with Gasteiger partial charge in [-0.15, -0.1) is 0 Å². The molecule has 0 bridgehead atoms. The number of hydrogen-bond acceptors (Lipinski definition) is 1. The molecule has 0 aliphatic rings. The molecule has 0 aliphatic carbocycles. The fourth-order valence-corrected chi connectivity index (χ4v) is 2.03. The molecule has 0 saturated carbocycles. The zero-order valence-corrected chi connectivity index (χ0v) is 11.5. The molecular formula is C18H19N. The Morgan fingerprint density at radius 3 is 2.00 bits per heavy atom. The third-order valence-electron chi connectivity index (χ3n) is 3.06. The van der Waals surface area contributed by atoms with E-state index < -0.39 is 0 Å². The van der Waals surface area contributed by atoms with Gasteiger partial charge in [-0.2, -0.15) is 0 Å². The van der Waals surface area contributed by atoms with E-state index in [1.54, 1.807) is 0 Å². The lowest BCUT2D eigenvalue weighted by atomic mass is 9.97. The summed E-state index contributed by atoms with van der Waals surface area (Å²) >= 11 is 0. The van der Waals surface area contributed by atoms with Gasteiger partial charge in [0.05, 0.1) is 0 Å². The van der Waals surface area contributed by atoms with Gasteiger partial charge in [0.1, 0.15) is 0 Å². The van der Waals surface area contributed by atoms with Gasteiger partial charge in [-0.3, -0.25) is 0 Å². The summed E-state index contributed by atoms with van der Waals surface area (Å²) in [6, 6.07) is 19.0. The molecule has 1 nitrogen and oxygen atoms in total. The predicted molar refractivity (Wildman–Crippen MR) is 84.5 cm³/mol. The van der Waals surface area contributed by atoms with Crippen LogP contribution < -0.4 is 4.90 Å². The Morgan fingerprint density at radius 1 is 0.895 bits per heavy atom. The van der Waals surface area contributed by atoms with E-state index in [-0.39, 0.29) is 0 Å². The lowest BCUT2D eigenvalue weighted by Gasteiger charge is -2.14. The smallest absolute Gasteiger partial charge is 0.0361 e. The van der Waals surface area contributed by atoms with Gasteiger partial charge in [0.25, 0.3) is 0 Å². The molecule has 0 atom stereocenters. The molecule has 2 aromatic carbocycles. The van der Waals surface area contributed by atoms with Crippen LogP contribution in [0.3, 0.4) is 0 Å². The first-order chi connectivity index (χ1) is 9.22. The van der Waals surface area contributed by atoms with Gasteiger partial charge in [0.15, 0.2) is 0 Å². The van der Waals surface area contributed by atoms with Crippen molar-refractivity contribution in [3.05, 3.63) is 84.5 Å². The van der Waals surface area contributed by atoms with Crippen molar-refractivity contribution in [2.75, 3.05) is 19.0 Å². The lowest BCUT2D eigenvalue weighted by molar-refractivity contribution is 1.13. The van der Waals surface area contributed by atoms with Gasteiger partial charge in [0.2, 0.25) is 0 Å². The Bertz CT molecular complexity index is 562. The second-order valence-electron chi connectivity index (χ2n) is 4.62. The molecule has 0 fully saturated rings. The summed E-state index contributed by atoms with van der Waals surface area (Å²) in [4.78, 5) is 2.10. The number of allylic oxidation sites excluding steroid dienone is 2. The maximum Gasteiger partial charge on any atom is 0.0361 e. The van der Waals surface area contributed by atoms with Crippen molar-refractivity contribution >= 4 is 11.3 Å². The molecule has 0 heterocycles. The molecule has 0 amide bonds. The first-order valence-electron chi connectivity index (χ1n) is 6.38. The third-order valence-corrected chi connectivity index (χ3v) is 3.06. The highest BCUT2D eigenvalue weighted by Gasteiger charge is 2.04. The highest BCUT2D eigenvalue weighted by molar-refractivity contribution is 5.81. The Hall–Kier alpha value is -2.28. The normalized spacial score (nSPS) is 11.2. The van der Waals surface area contributed by atoms with Gasteiger partial charge in [-0.05, 0) is 28.8 Å². The third kappa shape index (κ3) is 3.14. The van der Waals surface area contributed by atoms with Gasteiger partial charge >= 0.3 is 0 Å². The van der Waals surface area contributed by atoms with Crippen LogP contribution >= 0.6 is 0 Å². The zero-order valence-electron chi connectivity index (χ0n) is 11.5. The standard InChI is InChI=1S/C18H19N/c1-4-8-18(15-9-6-5-7-10-15)16-11-13-17(14-12-16)19(2)3/h4-14H,1H2,2-3H3/b18-8+. The van der Waals surface area contributed by atoms with Crippen molar-refractivity contribution < 1.29 is 0 Å². The summed E-state index contributed by atoms with van der Waals surface area (Å²) in [6.45, 7) is 3.81. The number of benzene rings is 2. The van der Waals surface area contributed by atoms with E-state index in [2.05, 4.69) is 66.1 Å². The van der Waals surface area contributed by atoms with Gasteiger partial charge in [-0.1, -0.05) is 61.2 Å². The van der Waals surface area contributed by atoms with Gasteiger partial charge < -0.3 is 4.90 Å². The van der Waals surface area contributed by atoms with E-state index in [4.69, 9.17) is 0 Å². The number of anilines is 1. The van der Waals surface area contributed by atoms with E-state index in [0.717, 1.165) is 0 Å². The summed E-state index contributed by atoms with van der Waals surface area (Å²) < 4.78 is 0. The zero-order chi connectivity index (χ0) is 13.7. The first-order valence-corrected chi connectivity index (χ1v) is 6.38. The second-order valence-corrected chi connectivity index (χ2v) is 4.62. The lowest BCUT2D eigenvalue weighted by Crippen LogP contribution is -2.08. The molecule has 0 unspecified atom stereocenters. The molecule has 0 N–H and O–H groups in total. The molecule has 2 aromatic rings. The minimum absolute atomic E-state index is 1.20. The summed E-state index contributed by atoms with van der Waals surface area (Å²) in [5, 5.41) is 0. The highest BCUT2D eigenvalue weighted by Crippen LogP contribution is 2.25. The van der Waals surface area contributed by atoms with Crippen LogP contribution in [-0.2, 0) is 0 Å². The topological polar surface area (TPSA) is 3.24 Å². The summed E-state index contributed by atoms with van der Waals surface area (Å²) in [7, 11) is 4.10. The molecule has 19 heavy (non-hydrogen) atoms. The Morgan fingerprint density at radius 2 is 1.47 bits per heavy atom. The van der Waals surface area contributed by atoms with E-state index in [9.17, 15) is 0 Å². The van der Waals surface area contributed by atoms with Crippen molar-refractivity contribution in [1.82, 2.24) is 0 Å². The Kier molecular flexibility index (Phi) is 4.19. The molecular weight excluding hydrogens is 230 g/mol. The first kappa shape index (κ1) is 13.2. The van der Waals surface area contributed by atoms with Gasteiger partial charge in [0, 0.05) is 19.8 Å². The maximum absolute atomic E-state index is 3.81. The van der Waals surface area contributed by atoms with Crippen molar-refractivity contribution in [2.45, 2.75) is 0 Å². The van der Waals surface area contributed by atoms with Crippen molar-refractivity contribution in [1.29, 1.82) is 0 Å². The summed E-state index contributed by atoms with van der Waals surface area (Å²) in [5.41, 5.74) is 4.81. The monoisotopic (exact) mass is 249 g/mol. The number of hydrogen-bond donors (Lipinski definition) is 0. The fraction of sp³-hybridized carbons (Fsp3) is 0.111. The highest BCUT2D eigenvalue weighted by atomic mass is 15.1. The molecule has 0 radical (unpaired) electrons. The quantitative estimate of drug-likeness (QED) is 0.727. The van der Waals surface area contributed by atoms with Crippen molar-refractivity contribution in [2.24, 2.45) is 0 Å². The van der Waals surface area contributed by atoms with Crippen LogP contribution in [0, 0.1) is 0 Å². The van der Waals surface area contributed by atoms with Crippen molar-refractivity contribution in [3.8, 4) is 0 Å². The minimum atomic E-state index is 1.20. The van der Waals surface area contributed by atoms with E-state index >= 15 is 0 Å². The van der Waals surface area contributed by atoms with Crippen LogP contribution in [0.4, 0.5) is 5.69 Å². The van der Waals surface area contributed by atoms with E-state index in [1.807, 2.05) is 26.2 Å². The van der Waals surface area contributed by atoms with Crippen LogP contribution in [-0.4, -0.2) is 14.1 Å². The summed E-state index contributed by atoms with van der Waals surface area (Å²) in [6.07, 6.45) is 3.89. The van der Waals surface area contributed by atoms with E-state index in [1.165, 1.54) is 22.4 Å². The molecule has 2 rings (SSSR count). The molecule has 0 saturated heterocycles. The van der Waals surface area contributed by atoms with Crippen LogP contribution in [0.25, 0.3) is 5.57 Å². The fourth-order valence-electron chi connectivity index (χ4n) is 2.03. The van der Waals surface area contributed by atoms with Crippen LogP contribution in [0.1, 0.15) is 11.1 Å². The maximum atomic E-state index is 3.81. The average molecular weight is 249 g/mol. The Balaban J connectivity index is 2.41. The molecule has 96 valence electrons. The number of nitrogens with zero attached hydrogens (tertiary/aromatic N) is 1. The largest absolute Gasteiger partial charge is 0.378 e. The van der Waals surface area contributed by atoms with Crippen LogP contribution in [0.2, 0.25) is 0 Å². The van der Waals surface area contributed by atoms with Crippen LogP contribution in [0.5, 0.6) is 0 Å². The number of rotatable bonds is 4. The second kappa shape index (κ2) is 6.05. The SMILES string of the molecule is C=C/C=C(\c1ccccc1)c1ccc(N(C)C)cc1. The Labute approximate surface area is 115 Å². The molecule has 0 aliphatic heterocycles.